The largest absolute Gasteiger partial charge is 0.377 e. The number of rotatable bonds is 10. The van der Waals surface area contributed by atoms with E-state index in [0.29, 0.717) is 39.2 Å². The van der Waals surface area contributed by atoms with E-state index in [1.54, 1.807) is 30.3 Å². The molecule has 0 bridgehead atoms. The number of benzene rings is 1. The molecule has 12 heteroatoms. The fraction of sp³-hybridized carbons (Fsp3) is 0.500. The number of primary amides is 1. The van der Waals surface area contributed by atoms with Gasteiger partial charge in [0.25, 0.3) is 10.9 Å². The number of pyridine rings is 1. The molecule has 3 aliphatic rings. The maximum atomic E-state index is 12.4. The van der Waals surface area contributed by atoms with Gasteiger partial charge in [-0.1, -0.05) is 42.3 Å². The number of aromatic nitrogens is 1. The van der Waals surface area contributed by atoms with Crippen LogP contribution in [0.2, 0.25) is 10.0 Å². The number of hydrogen-bond acceptors (Lipinski definition) is 9. The summed E-state index contributed by atoms with van der Waals surface area (Å²) in [6.07, 6.45) is 6.65. The van der Waals surface area contributed by atoms with Gasteiger partial charge in [-0.25, -0.2) is 4.98 Å². The van der Waals surface area contributed by atoms with Gasteiger partial charge < -0.3 is 20.9 Å². The second kappa shape index (κ2) is 12.7. The van der Waals surface area contributed by atoms with Crippen LogP contribution in [-0.4, -0.2) is 78.6 Å². The standard InChI is InChI=1S/C32H39Cl2N7O3/c1-3-22-18-40(32-25(34)16-24(17-36-32)38(2)28-26(29(42)30(28)43)37-21-8-9-21)14-15-41(22)23-10-12-39(13-11-23)27(31(35)44)19-4-6-20(33)7-5-19/h4-7,16-17,21-23,27,37H,3,8-15,18H2,1-2H3,(H2,35,44)/t22-,27-/m0/s1. The van der Waals surface area contributed by atoms with Crippen LogP contribution < -0.4 is 31.7 Å². The SMILES string of the molecule is CC[C@H]1CN(c2ncc(N(C)c3c(NC4CC4)c(=O)c3=O)cc2Cl)CCN1C1CCN([C@H](C(N)=O)c2ccc(Cl)cc2)CC1. The summed E-state index contributed by atoms with van der Waals surface area (Å²) in [6, 6.07) is 9.77. The molecule has 1 saturated carbocycles. The number of nitrogens with two attached hydrogens (primary N) is 1. The molecule has 2 atom stereocenters. The lowest BCUT2D eigenvalue weighted by atomic mass is 9.95. The van der Waals surface area contributed by atoms with Crippen LogP contribution >= 0.6 is 23.2 Å². The average molecular weight is 641 g/mol. The van der Waals surface area contributed by atoms with Gasteiger partial charge in [-0.2, -0.15) is 0 Å². The van der Waals surface area contributed by atoms with Crippen LogP contribution in [0, 0.1) is 0 Å². The Hall–Kier alpha value is -3.18. The first-order valence-corrected chi connectivity index (χ1v) is 16.2. The Morgan fingerprint density at radius 1 is 1.07 bits per heavy atom. The van der Waals surface area contributed by atoms with Crippen molar-refractivity contribution in [2.45, 2.75) is 63.2 Å². The molecule has 0 radical (unpaired) electrons. The van der Waals surface area contributed by atoms with Crippen molar-refractivity contribution in [1.29, 1.82) is 0 Å². The molecule has 2 aliphatic heterocycles. The van der Waals surface area contributed by atoms with Crippen molar-refractivity contribution in [2.24, 2.45) is 5.73 Å². The highest BCUT2D eigenvalue weighted by Gasteiger charge is 2.37. The van der Waals surface area contributed by atoms with Gasteiger partial charge in [0.15, 0.2) is 0 Å². The van der Waals surface area contributed by atoms with Crippen LogP contribution in [0.1, 0.15) is 50.6 Å². The zero-order chi connectivity index (χ0) is 31.1. The number of anilines is 4. The van der Waals surface area contributed by atoms with Gasteiger partial charge >= 0.3 is 0 Å². The molecule has 6 rings (SSSR count). The molecule has 0 unspecified atom stereocenters. The second-order valence-electron chi connectivity index (χ2n) is 12.2. The van der Waals surface area contributed by atoms with Gasteiger partial charge in [0.1, 0.15) is 23.2 Å². The zero-order valence-corrected chi connectivity index (χ0v) is 26.7. The van der Waals surface area contributed by atoms with Crippen molar-refractivity contribution in [2.75, 3.05) is 54.9 Å². The van der Waals surface area contributed by atoms with Gasteiger partial charge in [0.2, 0.25) is 5.91 Å². The van der Waals surface area contributed by atoms with Crippen molar-refractivity contribution in [3.05, 3.63) is 72.6 Å². The number of likely N-dealkylation sites (tertiary alicyclic amines) is 1. The number of halogens is 2. The lowest BCUT2D eigenvalue weighted by molar-refractivity contribution is -0.124. The van der Waals surface area contributed by atoms with E-state index in [1.807, 2.05) is 18.2 Å². The Morgan fingerprint density at radius 2 is 1.77 bits per heavy atom. The molecule has 1 aromatic heterocycles. The van der Waals surface area contributed by atoms with Crippen LogP contribution in [0.4, 0.5) is 22.9 Å². The van der Waals surface area contributed by atoms with Crippen LogP contribution in [0.25, 0.3) is 0 Å². The minimum Gasteiger partial charge on any atom is -0.377 e. The molecule has 3 aromatic rings. The third-order valence-electron chi connectivity index (χ3n) is 9.43. The maximum absolute atomic E-state index is 12.4. The Balaban J connectivity index is 1.09. The highest BCUT2D eigenvalue weighted by molar-refractivity contribution is 6.33. The maximum Gasteiger partial charge on any atom is 0.253 e. The van der Waals surface area contributed by atoms with E-state index in [2.05, 4.69) is 26.9 Å². The summed E-state index contributed by atoms with van der Waals surface area (Å²) >= 11 is 12.9. The molecule has 2 saturated heterocycles. The van der Waals surface area contributed by atoms with Gasteiger partial charge in [0, 0.05) is 62.9 Å². The van der Waals surface area contributed by atoms with Crippen molar-refractivity contribution < 1.29 is 4.79 Å². The summed E-state index contributed by atoms with van der Waals surface area (Å²) in [5, 5.41) is 4.34. The minimum absolute atomic E-state index is 0.272. The summed E-state index contributed by atoms with van der Waals surface area (Å²) in [7, 11) is 1.76. The summed E-state index contributed by atoms with van der Waals surface area (Å²) < 4.78 is 0. The Morgan fingerprint density at radius 3 is 2.39 bits per heavy atom. The fourth-order valence-electron chi connectivity index (χ4n) is 6.81. The van der Waals surface area contributed by atoms with Crippen molar-refractivity contribution in [3.63, 3.8) is 0 Å². The minimum atomic E-state index is -0.487. The molecule has 234 valence electrons. The number of carbonyl (C=O) groups excluding carboxylic acids is 1. The van der Waals surface area contributed by atoms with E-state index in [0.717, 1.165) is 76.2 Å². The Kier molecular flexibility index (Phi) is 8.88. The quantitative estimate of drug-likeness (QED) is 0.319. The monoisotopic (exact) mass is 639 g/mol. The van der Waals surface area contributed by atoms with E-state index in [4.69, 9.17) is 33.9 Å². The predicted octanol–water partition coefficient (Wildman–Crippen LogP) is 3.92. The topological polar surface area (TPSA) is 115 Å². The number of hydrogen-bond donors (Lipinski definition) is 2. The molecule has 1 aliphatic carbocycles. The number of nitrogens with zero attached hydrogens (tertiary/aromatic N) is 5. The second-order valence-corrected chi connectivity index (χ2v) is 13.1. The number of piperazine rings is 1. The number of piperidine rings is 1. The van der Waals surface area contributed by atoms with Crippen LogP contribution in [0.3, 0.4) is 0 Å². The van der Waals surface area contributed by atoms with Gasteiger partial charge in [-0.05, 0) is 55.9 Å². The van der Waals surface area contributed by atoms with E-state index < -0.39 is 16.9 Å². The number of amides is 1. The molecular weight excluding hydrogens is 601 g/mol. The number of carbonyl (C=O) groups is 1. The summed E-state index contributed by atoms with van der Waals surface area (Å²) in [5.41, 5.74) is 7.20. The third kappa shape index (κ3) is 6.05. The summed E-state index contributed by atoms with van der Waals surface area (Å²) in [5.74, 6) is 0.387. The molecule has 0 spiro atoms. The zero-order valence-electron chi connectivity index (χ0n) is 25.1. The highest BCUT2D eigenvalue weighted by atomic mass is 35.5. The Labute approximate surface area is 267 Å². The van der Waals surface area contributed by atoms with E-state index in [1.165, 1.54) is 0 Å². The molecule has 3 N–H and O–H groups in total. The summed E-state index contributed by atoms with van der Waals surface area (Å²) in [6.45, 7) is 6.29. The number of nitrogens with one attached hydrogen (secondary N) is 1. The molecule has 44 heavy (non-hydrogen) atoms. The first kappa shape index (κ1) is 30.8. The van der Waals surface area contributed by atoms with Crippen LogP contribution in [0.5, 0.6) is 0 Å². The van der Waals surface area contributed by atoms with Crippen molar-refractivity contribution >= 4 is 52.0 Å². The molecule has 2 aromatic carbocycles. The van der Waals surface area contributed by atoms with E-state index >= 15 is 0 Å². The Bertz CT molecular complexity index is 1580. The van der Waals surface area contributed by atoms with E-state index in [9.17, 15) is 14.4 Å². The first-order valence-electron chi connectivity index (χ1n) is 15.4. The van der Waals surface area contributed by atoms with Crippen molar-refractivity contribution in [3.8, 4) is 0 Å². The van der Waals surface area contributed by atoms with Crippen molar-refractivity contribution in [1.82, 2.24) is 14.8 Å². The molecular formula is C32H39Cl2N7O3. The summed E-state index contributed by atoms with van der Waals surface area (Å²) in [4.78, 5) is 50.5. The van der Waals surface area contributed by atoms with Gasteiger partial charge in [-0.3, -0.25) is 24.2 Å². The fourth-order valence-corrected chi connectivity index (χ4v) is 7.22. The average Bonchev–Trinajstić information content (AvgIpc) is 3.86. The van der Waals surface area contributed by atoms with Crippen LogP contribution in [0.15, 0.2) is 46.1 Å². The predicted molar refractivity (Wildman–Crippen MR) is 176 cm³/mol. The first-order chi connectivity index (χ1) is 21.2. The molecule has 10 nitrogen and oxygen atoms in total. The smallest absolute Gasteiger partial charge is 0.253 e. The van der Waals surface area contributed by atoms with E-state index in [-0.39, 0.29) is 11.9 Å². The lowest BCUT2D eigenvalue weighted by Gasteiger charge is -2.48. The third-order valence-corrected chi connectivity index (χ3v) is 9.96. The van der Waals surface area contributed by atoms with Crippen LogP contribution in [-0.2, 0) is 4.79 Å². The molecule has 1 amide bonds. The normalized spacial score (nSPS) is 21.0. The lowest BCUT2D eigenvalue weighted by Crippen LogP contribution is -2.59. The molecule has 3 heterocycles. The van der Waals surface area contributed by atoms with Gasteiger partial charge in [0.05, 0.1) is 16.9 Å². The highest BCUT2D eigenvalue weighted by Crippen LogP contribution is 2.36. The van der Waals surface area contributed by atoms with Gasteiger partial charge in [-0.15, -0.1) is 0 Å². The molecule has 3 fully saturated rings.